The molecule has 0 unspecified atom stereocenters. The first-order valence-electron chi connectivity index (χ1n) is 7.17. The molecule has 0 bridgehead atoms. The Morgan fingerprint density at radius 1 is 0.909 bits per heavy atom. The molecule has 0 spiro atoms. The van der Waals surface area contributed by atoms with Crippen LogP contribution in [0.2, 0.25) is 5.04 Å². The number of rotatable bonds is 4. The van der Waals surface area contributed by atoms with Crippen molar-refractivity contribution < 1.29 is 23.3 Å². The van der Waals surface area contributed by atoms with Gasteiger partial charge < -0.3 is 16.8 Å². The molecule has 0 N–H and O–H groups in total. The number of hydrogen-bond acceptors (Lipinski definition) is 1. The van der Waals surface area contributed by atoms with Gasteiger partial charge in [-0.2, -0.15) is 0 Å². The van der Waals surface area contributed by atoms with Crippen LogP contribution in [0.1, 0.15) is 20.8 Å². The SMILES string of the molecule is [C-]#CCO[Si](c1ccccc1)(c1ccccc1)C(C)(C)C.[Li+]. The molecule has 0 fully saturated rings. The van der Waals surface area contributed by atoms with E-state index in [9.17, 15) is 0 Å². The van der Waals surface area contributed by atoms with Crippen LogP contribution in [-0.2, 0) is 4.43 Å². The summed E-state index contributed by atoms with van der Waals surface area (Å²) in [6.07, 6.45) is 7.26. The van der Waals surface area contributed by atoms with Crippen molar-refractivity contribution in [1.29, 1.82) is 0 Å². The maximum absolute atomic E-state index is 7.26. The van der Waals surface area contributed by atoms with E-state index in [4.69, 9.17) is 10.8 Å². The average Bonchev–Trinajstić information content (AvgIpc) is 2.49. The van der Waals surface area contributed by atoms with Crippen molar-refractivity contribution in [3.8, 4) is 5.92 Å². The zero-order valence-corrected chi connectivity index (χ0v) is 14.9. The van der Waals surface area contributed by atoms with Gasteiger partial charge in [0.25, 0.3) is 8.32 Å². The van der Waals surface area contributed by atoms with Crippen LogP contribution in [0.4, 0.5) is 0 Å². The minimum absolute atomic E-state index is 0. The van der Waals surface area contributed by atoms with Crippen LogP contribution in [-0.4, -0.2) is 14.9 Å². The fourth-order valence-electron chi connectivity index (χ4n) is 2.91. The van der Waals surface area contributed by atoms with E-state index in [1.54, 1.807) is 0 Å². The molecule has 2 aromatic carbocycles. The summed E-state index contributed by atoms with van der Waals surface area (Å²) in [4.78, 5) is 0. The van der Waals surface area contributed by atoms with E-state index in [-0.39, 0.29) is 30.5 Å². The van der Waals surface area contributed by atoms with Gasteiger partial charge in [-0.3, -0.25) is 0 Å². The standard InChI is InChI=1S/C19H21OSi.Li/c1-5-16-20-21(19(2,3)4,17-12-8-6-9-13-17)18-14-10-7-11-15-18;/h6-15H,16H2,2-4H3;/q-1;+1. The Labute approximate surface area is 147 Å². The summed E-state index contributed by atoms with van der Waals surface area (Å²) in [5.41, 5.74) is 0. The van der Waals surface area contributed by atoms with Crippen LogP contribution in [0, 0.1) is 12.3 Å². The third-order valence-electron chi connectivity index (χ3n) is 3.78. The smallest absolute Gasteiger partial charge is 0.691 e. The van der Waals surface area contributed by atoms with Gasteiger partial charge in [0.2, 0.25) is 0 Å². The van der Waals surface area contributed by atoms with Gasteiger partial charge in [-0.15, -0.1) is 0 Å². The molecule has 3 heteroatoms. The molecule has 0 aromatic heterocycles. The molecule has 0 saturated heterocycles. The summed E-state index contributed by atoms with van der Waals surface area (Å²) in [5.74, 6) is 2.40. The van der Waals surface area contributed by atoms with Crippen LogP contribution in [0.3, 0.4) is 0 Å². The van der Waals surface area contributed by atoms with Crippen molar-refractivity contribution in [1.82, 2.24) is 0 Å². The van der Waals surface area contributed by atoms with Crippen molar-refractivity contribution in [2.75, 3.05) is 6.61 Å². The van der Waals surface area contributed by atoms with Gasteiger partial charge in [-0.05, 0) is 15.4 Å². The summed E-state index contributed by atoms with van der Waals surface area (Å²) in [6.45, 7) is 6.91. The average molecular weight is 300 g/mol. The predicted octanol–water partition coefficient (Wildman–Crippen LogP) is 0.157. The summed E-state index contributed by atoms with van der Waals surface area (Å²) in [7, 11) is -2.45. The fraction of sp³-hybridized carbons (Fsp3) is 0.263. The molecule has 0 radical (unpaired) electrons. The Morgan fingerprint density at radius 2 is 1.32 bits per heavy atom. The maximum atomic E-state index is 7.26. The van der Waals surface area contributed by atoms with E-state index < -0.39 is 8.32 Å². The molecule has 1 nitrogen and oxygen atoms in total. The Hall–Kier alpha value is -1.23. The molecule has 0 aliphatic heterocycles. The summed E-state index contributed by atoms with van der Waals surface area (Å²) >= 11 is 0. The summed E-state index contributed by atoms with van der Waals surface area (Å²) < 4.78 is 6.36. The van der Waals surface area contributed by atoms with Crippen LogP contribution < -0.4 is 29.2 Å². The van der Waals surface area contributed by atoms with Crippen LogP contribution >= 0.6 is 0 Å². The van der Waals surface area contributed by atoms with Crippen LogP contribution in [0.25, 0.3) is 0 Å². The molecule has 2 aromatic rings. The second-order valence-corrected chi connectivity index (χ2v) is 10.4. The molecule has 0 aliphatic carbocycles. The molecular weight excluding hydrogens is 279 g/mol. The van der Waals surface area contributed by atoms with Crippen molar-refractivity contribution in [2.24, 2.45) is 0 Å². The van der Waals surface area contributed by atoms with Crippen LogP contribution in [0.5, 0.6) is 0 Å². The minimum atomic E-state index is -2.45. The van der Waals surface area contributed by atoms with E-state index in [2.05, 4.69) is 75.2 Å². The monoisotopic (exact) mass is 300 g/mol. The molecule has 2 rings (SSSR count). The van der Waals surface area contributed by atoms with E-state index in [0.717, 1.165) is 0 Å². The molecular formula is C19H21LiOSi. The van der Waals surface area contributed by atoms with E-state index >= 15 is 0 Å². The van der Waals surface area contributed by atoms with Gasteiger partial charge in [0.05, 0.1) is 6.61 Å². The Kier molecular flexibility index (Phi) is 6.73. The Bertz CT molecular complexity index is 572. The predicted molar refractivity (Wildman–Crippen MR) is 90.7 cm³/mol. The number of benzene rings is 2. The third kappa shape index (κ3) is 3.57. The first-order chi connectivity index (χ1) is 10.0. The quantitative estimate of drug-likeness (QED) is 0.444. The van der Waals surface area contributed by atoms with Crippen molar-refractivity contribution >= 4 is 18.7 Å². The zero-order valence-electron chi connectivity index (χ0n) is 13.9. The maximum Gasteiger partial charge on any atom is 1.00 e. The first kappa shape index (κ1) is 18.8. The third-order valence-corrected chi connectivity index (χ3v) is 8.76. The molecule has 108 valence electrons. The zero-order chi connectivity index (χ0) is 15.3. The first-order valence-corrected chi connectivity index (χ1v) is 9.08. The van der Waals surface area contributed by atoms with Gasteiger partial charge in [0.1, 0.15) is 0 Å². The second-order valence-electron chi connectivity index (χ2n) is 6.13. The normalized spacial score (nSPS) is 11.4. The van der Waals surface area contributed by atoms with Gasteiger partial charge in [0.15, 0.2) is 0 Å². The second kappa shape index (κ2) is 7.86. The number of hydrogen-bond donors (Lipinski definition) is 0. The topological polar surface area (TPSA) is 9.23 Å². The van der Waals surface area contributed by atoms with E-state index in [1.807, 2.05) is 12.1 Å². The van der Waals surface area contributed by atoms with Gasteiger partial charge in [-0.25, -0.2) is 0 Å². The Morgan fingerprint density at radius 3 is 1.64 bits per heavy atom. The molecule has 22 heavy (non-hydrogen) atoms. The van der Waals surface area contributed by atoms with E-state index in [1.165, 1.54) is 10.4 Å². The van der Waals surface area contributed by atoms with Crippen molar-refractivity contribution in [3.05, 3.63) is 67.1 Å². The van der Waals surface area contributed by atoms with Crippen molar-refractivity contribution in [2.45, 2.75) is 25.8 Å². The van der Waals surface area contributed by atoms with Gasteiger partial charge in [-0.1, -0.05) is 81.4 Å². The molecule has 0 saturated carbocycles. The molecule has 0 aliphatic rings. The fourth-order valence-corrected chi connectivity index (χ4v) is 7.35. The van der Waals surface area contributed by atoms with E-state index in [0.29, 0.717) is 0 Å². The molecule has 0 heterocycles. The van der Waals surface area contributed by atoms with Crippen molar-refractivity contribution in [3.63, 3.8) is 0 Å². The van der Waals surface area contributed by atoms with Crippen LogP contribution in [0.15, 0.2) is 60.7 Å². The molecule has 0 amide bonds. The summed E-state index contributed by atoms with van der Waals surface area (Å²) in [6, 6.07) is 20.9. The van der Waals surface area contributed by atoms with Gasteiger partial charge >= 0.3 is 18.9 Å². The minimum Gasteiger partial charge on any atom is -0.691 e. The van der Waals surface area contributed by atoms with Gasteiger partial charge in [0, 0.05) is 0 Å². The Balaban J connectivity index is 0.00000242. The largest absolute Gasteiger partial charge is 1.00 e. The molecule has 0 atom stereocenters. The summed E-state index contributed by atoms with van der Waals surface area (Å²) in [5, 5.41) is 2.44.